The number of ketones is 1. The highest BCUT2D eigenvalue weighted by Gasteiger charge is 2.21. The van der Waals surface area contributed by atoms with Crippen LogP contribution in [-0.4, -0.2) is 16.5 Å². The fraction of sp³-hybridized carbons (Fsp3) is 0.304. The van der Waals surface area contributed by atoms with Crippen LogP contribution in [0.1, 0.15) is 32.1 Å². The van der Waals surface area contributed by atoms with Crippen LogP contribution in [0.15, 0.2) is 70.3 Å². The van der Waals surface area contributed by atoms with E-state index in [2.05, 4.69) is 0 Å². The summed E-state index contributed by atoms with van der Waals surface area (Å²) in [6, 6.07) is 20.0. The number of Topliss-reactive ketones (excluding diaryl/α,β-unsaturated/α-hetero) is 1. The summed E-state index contributed by atoms with van der Waals surface area (Å²) in [6.07, 6.45) is 5.58. The van der Waals surface area contributed by atoms with Crippen molar-refractivity contribution in [2.45, 2.75) is 37.3 Å². The van der Waals surface area contributed by atoms with Gasteiger partial charge in [-0.2, -0.15) is 0 Å². The number of aromatic nitrogens is 1. The predicted molar refractivity (Wildman–Crippen MR) is 110 cm³/mol. The lowest BCUT2D eigenvalue weighted by Crippen LogP contribution is -2.01. The van der Waals surface area contributed by atoms with Gasteiger partial charge in [-0.25, -0.2) is 4.98 Å². The van der Waals surface area contributed by atoms with E-state index in [0.717, 1.165) is 34.9 Å². The molecule has 0 aliphatic heterocycles. The molecule has 2 aromatic carbocycles. The molecular formula is C23H23NO2S. The molecule has 138 valence electrons. The molecule has 3 nitrogen and oxygen atoms in total. The molecule has 3 aromatic rings. The summed E-state index contributed by atoms with van der Waals surface area (Å²) in [4.78, 5) is 16.9. The van der Waals surface area contributed by atoms with Gasteiger partial charge in [-0.1, -0.05) is 91.7 Å². The lowest BCUT2D eigenvalue weighted by atomic mass is 10.1. The second-order valence-electron chi connectivity index (χ2n) is 7.05. The molecule has 0 unspecified atom stereocenters. The minimum Gasteiger partial charge on any atom is -0.431 e. The highest BCUT2D eigenvalue weighted by Crippen LogP contribution is 2.36. The van der Waals surface area contributed by atoms with Crippen LogP contribution < -0.4 is 0 Å². The third-order valence-corrected chi connectivity index (χ3v) is 5.70. The van der Waals surface area contributed by atoms with Gasteiger partial charge in [0.05, 0.1) is 5.75 Å². The van der Waals surface area contributed by atoms with E-state index in [1.807, 2.05) is 60.7 Å². The number of carbonyl (C=O) groups is 1. The highest BCUT2D eigenvalue weighted by atomic mass is 32.2. The summed E-state index contributed by atoms with van der Waals surface area (Å²) >= 11 is 1.40. The van der Waals surface area contributed by atoms with Gasteiger partial charge in [-0.05, 0) is 12.3 Å². The van der Waals surface area contributed by atoms with E-state index in [9.17, 15) is 4.79 Å². The van der Waals surface area contributed by atoms with E-state index in [1.165, 1.54) is 31.0 Å². The first-order valence-corrected chi connectivity index (χ1v) is 10.5. The van der Waals surface area contributed by atoms with Crippen molar-refractivity contribution in [1.82, 2.24) is 4.98 Å². The molecule has 0 bridgehead atoms. The Balaban J connectivity index is 1.48. The smallest absolute Gasteiger partial charge is 0.257 e. The molecule has 1 aliphatic carbocycles. The minimum absolute atomic E-state index is 0.279. The largest absolute Gasteiger partial charge is 0.431 e. The topological polar surface area (TPSA) is 43.1 Å². The van der Waals surface area contributed by atoms with Crippen molar-refractivity contribution in [2.24, 2.45) is 5.92 Å². The Morgan fingerprint density at radius 3 is 2.33 bits per heavy atom. The van der Waals surface area contributed by atoms with Crippen molar-refractivity contribution in [3.63, 3.8) is 0 Å². The van der Waals surface area contributed by atoms with E-state index >= 15 is 0 Å². The van der Waals surface area contributed by atoms with Crippen LogP contribution in [0.4, 0.5) is 0 Å². The molecule has 1 aliphatic rings. The molecule has 4 heteroatoms. The first-order chi connectivity index (χ1) is 13.3. The molecule has 0 spiro atoms. The summed E-state index contributed by atoms with van der Waals surface area (Å²) < 4.78 is 6.06. The molecule has 0 atom stereocenters. The quantitative estimate of drug-likeness (QED) is 0.413. The summed E-state index contributed by atoms with van der Waals surface area (Å²) in [6.45, 7) is 0. The molecule has 1 saturated carbocycles. The fourth-order valence-corrected chi connectivity index (χ4v) is 3.87. The molecule has 0 amide bonds. The van der Waals surface area contributed by atoms with Crippen molar-refractivity contribution >= 4 is 17.5 Å². The minimum atomic E-state index is 0.279. The zero-order chi connectivity index (χ0) is 18.5. The summed E-state index contributed by atoms with van der Waals surface area (Å²) in [7, 11) is 0. The van der Waals surface area contributed by atoms with E-state index < -0.39 is 0 Å². The first kappa shape index (κ1) is 18.1. The van der Waals surface area contributed by atoms with Crippen LogP contribution in [-0.2, 0) is 4.79 Å². The van der Waals surface area contributed by atoms with Crippen LogP contribution in [0, 0.1) is 5.92 Å². The number of thioether (sulfide) groups is 1. The van der Waals surface area contributed by atoms with Gasteiger partial charge in [-0.15, -0.1) is 0 Å². The van der Waals surface area contributed by atoms with E-state index in [-0.39, 0.29) is 5.78 Å². The fourth-order valence-electron chi connectivity index (χ4n) is 3.15. The number of nitrogens with zero attached hydrogens (tertiary/aromatic N) is 1. The van der Waals surface area contributed by atoms with E-state index in [1.54, 1.807) is 0 Å². The molecule has 0 N–H and O–H groups in total. The highest BCUT2D eigenvalue weighted by molar-refractivity contribution is 7.99. The molecule has 1 fully saturated rings. The van der Waals surface area contributed by atoms with Gasteiger partial charge in [0.15, 0.2) is 5.76 Å². The van der Waals surface area contributed by atoms with Crippen molar-refractivity contribution in [1.29, 1.82) is 0 Å². The average Bonchev–Trinajstić information content (AvgIpc) is 3.44. The third kappa shape index (κ3) is 4.89. The van der Waals surface area contributed by atoms with Crippen LogP contribution in [0.25, 0.3) is 22.6 Å². The number of carbonyl (C=O) groups excluding carboxylic acids is 1. The van der Waals surface area contributed by atoms with Crippen molar-refractivity contribution < 1.29 is 9.21 Å². The van der Waals surface area contributed by atoms with Crippen molar-refractivity contribution in [2.75, 3.05) is 5.75 Å². The van der Waals surface area contributed by atoms with Crippen LogP contribution in [0.2, 0.25) is 0 Å². The summed E-state index contributed by atoms with van der Waals surface area (Å²) in [5.74, 6) is 2.35. The molecule has 1 aromatic heterocycles. The normalized spacial score (nSPS) is 13.6. The molecule has 1 heterocycles. The van der Waals surface area contributed by atoms with Gasteiger partial charge < -0.3 is 4.42 Å². The number of hydrogen-bond acceptors (Lipinski definition) is 4. The third-order valence-electron chi connectivity index (χ3n) is 4.81. The van der Waals surface area contributed by atoms with Gasteiger partial charge in [0.25, 0.3) is 5.22 Å². The average molecular weight is 378 g/mol. The zero-order valence-electron chi connectivity index (χ0n) is 15.3. The molecule has 4 rings (SSSR count). The van der Waals surface area contributed by atoms with Crippen LogP contribution in [0.5, 0.6) is 0 Å². The zero-order valence-corrected chi connectivity index (χ0v) is 16.1. The van der Waals surface area contributed by atoms with Gasteiger partial charge in [0.2, 0.25) is 0 Å². The van der Waals surface area contributed by atoms with Gasteiger partial charge in [0, 0.05) is 17.5 Å². The van der Waals surface area contributed by atoms with Crippen LogP contribution >= 0.6 is 11.8 Å². The Hall–Kier alpha value is -2.33. The monoisotopic (exact) mass is 377 g/mol. The Kier molecular flexibility index (Phi) is 5.73. The molecule has 0 radical (unpaired) electrons. The Bertz CT molecular complexity index is 828. The maximum absolute atomic E-state index is 12.2. The second kappa shape index (κ2) is 8.57. The molecule has 27 heavy (non-hydrogen) atoms. The number of rotatable bonds is 9. The standard InChI is InChI=1S/C23H23NO2S/c25-20(13-7-8-17-14-15-17)16-27-23-24-21(18-9-3-1-4-10-18)22(26-23)19-11-5-2-6-12-19/h1-6,9-12,17H,7-8,13-16H2. The maximum Gasteiger partial charge on any atom is 0.257 e. The van der Waals surface area contributed by atoms with Gasteiger partial charge in [-0.3, -0.25) is 4.79 Å². The number of oxazole rings is 1. The van der Waals surface area contributed by atoms with E-state index in [4.69, 9.17) is 9.40 Å². The number of hydrogen-bond donors (Lipinski definition) is 0. The lowest BCUT2D eigenvalue weighted by Gasteiger charge is -2.00. The Morgan fingerprint density at radius 2 is 1.67 bits per heavy atom. The van der Waals surface area contributed by atoms with Gasteiger partial charge >= 0.3 is 0 Å². The van der Waals surface area contributed by atoms with Crippen LogP contribution in [0.3, 0.4) is 0 Å². The van der Waals surface area contributed by atoms with Crippen molar-refractivity contribution in [3.8, 4) is 22.6 Å². The lowest BCUT2D eigenvalue weighted by molar-refractivity contribution is -0.116. The summed E-state index contributed by atoms with van der Waals surface area (Å²) in [5, 5.41) is 0.559. The number of benzene rings is 2. The maximum atomic E-state index is 12.2. The first-order valence-electron chi connectivity index (χ1n) is 9.56. The Labute approximate surface area is 164 Å². The van der Waals surface area contributed by atoms with E-state index in [0.29, 0.717) is 17.4 Å². The Morgan fingerprint density at radius 1 is 1.00 bits per heavy atom. The molecular weight excluding hydrogens is 354 g/mol. The summed E-state index contributed by atoms with van der Waals surface area (Å²) in [5.41, 5.74) is 2.83. The second-order valence-corrected chi connectivity index (χ2v) is 7.98. The SMILES string of the molecule is O=C(CCCC1CC1)CSc1nc(-c2ccccc2)c(-c2ccccc2)o1. The predicted octanol–water partition coefficient (Wildman–Crippen LogP) is 6.25. The van der Waals surface area contributed by atoms with Crippen molar-refractivity contribution in [3.05, 3.63) is 60.7 Å². The van der Waals surface area contributed by atoms with Gasteiger partial charge in [0.1, 0.15) is 11.5 Å². The molecule has 0 saturated heterocycles.